The Hall–Kier alpha value is -2.24. The van der Waals surface area contributed by atoms with Gasteiger partial charge in [0.1, 0.15) is 6.10 Å². The quantitative estimate of drug-likeness (QED) is 0.752. The number of hydrogen-bond acceptors (Lipinski definition) is 4. The Morgan fingerprint density at radius 2 is 1.84 bits per heavy atom. The lowest BCUT2D eigenvalue weighted by Crippen LogP contribution is -2.24. The van der Waals surface area contributed by atoms with Gasteiger partial charge in [0.25, 0.3) is 0 Å². The Balaban J connectivity index is 1.82. The second kappa shape index (κ2) is 7.33. The predicted molar refractivity (Wildman–Crippen MR) is 93.2 cm³/mol. The molecule has 0 aromatic heterocycles. The van der Waals surface area contributed by atoms with Crippen molar-refractivity contribution in [2.24, 2.45) is 23.3 Å². The van der Waals surface area contributed by atoms with Crippen LogP contribution in [0.4, 0.5) is 0 Å². The minimum absolute atomic E-state index is 0.0723. The molecule has 136 valence electrons. The SMILES string of the molecule is COc1ccc(C(CC(N)=O)CC(N)=O)cc1O[C@H]1CC2CCC1C2. The van der Waals surface area contributed by atoms with Crippen LogP contribution in [-0.2, 0) is 9.59 Å². The predicted octanol–water partition coefficient (Wildman–Crippen LogP) is 2.10. The summed E-state index contributed by atoms with van der Waals surface area (Å²) in [6.07, 6.45) is 5.23. The first-order valence-corrected chi connectivity index (χ1v) is 8.87. The van der Waals surface area contributed by atoms with Gasteiger partial charge in [0.15, 0.2) is 11.5 Å². The van der Waals surface area contributed by atoms with Gasteiger partial charge in [-0.1, -0.05) is 6.07 Å². The summed E-state index contributed by atoms with van der Waals surface area (Å²) < 4.78 is 11.7. The number of hydrogen-bond donors (Lipinski definition) is 2. The molecule has 0 spiro atoms. The van der Waals surface area contributed by atoms with Crippen LogP contribution in [0.2, 0.25) is 0 Å². The van der Waals surface area contributed by atoms with Gasteiger partial charge in [-0.2, -0.15) is 0 Å². The number of fused-ring (bicyclic) bond motifs is 2. The summed E-state index contributed by atoms with van der Waals surface area (Å²) in [4.78, 5) is 22.7. The van der Waals surface area contributed by atoms with Gasteiger partial charge in [-0.15, -0.1) is 0 Å². The number of methoxy groups -OCH3 is 1. The molecule has 2 bridgehead atoms. The van der Waals surface area contributed by atoms with Gasteiger partial charge >= 0.3 is 0 Å². The zero-order chi connectivity index (χ0) is 18.0. The topological polar surface area (TPSA) is 105 Å². The molecule has 2 aliphatic rings. The van der Waals surface area contributed by atoms with Crippen molar-refractivity contribution >= 4 is 11.8 Å². The number of amides is 2. The Kier molecular flexibility index (Phi) is 5.16. The number of nitrogens with two attached hydrogens (primary N) is 2. The Morgan fingerprint density at radius 1 is 1.12 bits per heavy atom. The van der Waals surface area contributed by atoms with E-state index in [9.17, 15) is 9.59 Å². The van der Waals surface area contributed by atoms with Crippen molar-refractivity contribution in [2.75, 3.05) is 7.11 Å². The second-order valence-electron chi connectivity index (χ2n) is 7.28. The van der Waals surface area contributed by atoms with E-state index in [1.165, 1.54) is 19.3 Å². The van der Waals surface area contributed by atoms with Crippen LogP contribution in [0.3, 0.4) is 0 Å². The fourth-order valence-corrected chi connectivity index (χ4v) is 4.33. The lowest BCUT2D eigenvalue weighted by Gasteiger charge is -2.25. The third-order valence-electron chi connectivity index (χ3n) is 5.51. The molecule has 2 aliphatic carbocycles. The van der Waals surface area contributed by atoms with Gasteiger partial charge in [-0.05, 0) is 55.2 Å². The number of carbonyl (C=O) groups is 2. The highest BCUT2D eigenvalue weighted by Crippen LogP contribution is 2.47. The maximum absolute atomic E-state index is 11.4. The third-order valence-corrected chi connectivity index (χ3v) is 5.51. The van der Waals surface area contributed by atoms with Crippen LogP contribution in [0.5, 0.6) is 11.5 Å². The molecule has 3 atom stereocenters. The molecule has 0 saturated heterocycles. The van der Waals surface area contributed by atoms with Crippen LogP contribution in [0.15, 0.2) is 18.2 Å². The largest absolute Gasteiger partial charge is 0.493 e. The van der Waals surface area contributed by atoms with Crippen molar-refractivity contribution < 1.29 is 19.1 Å². The van der Waals surface area contributed by atoms with Gasteiger partial charge in [0.2, 0.25) is 11.8 Å². The summed E-state index contributed by atoms with van der Waals surface area (Å²) >= 11 is 0. The van der Waals surface area contributed by atoms with Gasteiger partial charge in [0, 0.05) is 18.8 Å². The average Bonchev–Trinajstić information content (AvgIpc) is 3.16. The van der Waals surface area contributed by atoms with Crippen molar-refractivity contribution in [1.29, 1.82) is 0 Å². The van der Waals surface area contributed by atoms with Crippen molar-refractivity contribution in [3.05, 3.63) is 23.8 Å². The highest BCUT2D eigenvalue weighted by atomic mass is 16.5. The van der Waals surface area contributed by atoms with Crippen molar-refractivity contribution in [3.8, 4) is 11.5 Å². The maximum Gasteiger partial charge on any atom is 0.218 e. The molecule has 2 saturated carbocycles. The molecular weight excluding hydrogens is 320 g/mol. The van der Waals surface area contributed by atoms with E-state index in [4.69, 9.17) is 20.9 Å². The van der Waals surface area contributed by atoms with Crippen LogP contribution in [0.25, 0.3) is 0 Å². The normalized spacial score (nSPS) is 24.5. The number of primary amides is 2. The molecule has 0 aliphatic heterocycles. The van der Waals surface area contributed by atoms with Gasteiger partial charge < -0.3 is 20.9 Å². The van der Waals surface area contributed by atoms with Gasteiger partial charge in [0.05, 0.1) is 7.11 Å². The zero-order valence-corrected chi connectivity index (χ0v) is 14.6. The van der Waals surface area contributed by atoms with Crippen molar-refractivity contribution in [3.63, 3.8) is 0 Å². The minimum Gasteiger partial charge on any atom is -0.493 e. The van der Waals surface area contributed by atoms with Gasteiger partial charge in [-0.3, -0.25) is 9.59 Å². The molecule has 0 radical (unpaired) electrons. The summed E-state index contributed by atoms with van der Waals surface area (Å²) in [5, 5.41) is 0. The van der Waals surface area contributed by atoms with Gasteiger partial charge in [-0.25, -0.2) is 0 Å². The molecule has 2 fully saturated rings. The van der Waals surface area contributed by atoms with E-state index in [1.807, 2.05) is 18.2 Å². The smallest absolute Gasteiger partial charge is 0.218 e. The van der Waals surface area contributed by atoms with E-state index in [1.54, 1.807) is 7.11 Å². The minimum atomic E-state index is -0.461. The molecule has 4 N–H and O–H groups in total. The van der Waals surface area contributed by atoms with Crippen LogP contribution in [0, 0.1) is 11.8 Å². The van der Waals surface area contributed by atoms with Crippen LogP contribution in [-0.4, -0.2) is 25.0 Å². The van der Waals surface area contributed by atoms with Crippen molar-refractivity contribution in [1.82, 2.24) is 0 Å². The molecule has 25 heavy (non-hydrogen) atoms. The zero-order valence-electron chi connectivity index (χ0n) is 14.6. The fourth-order valence-electron chi connectivity index (χ4n) is 4.33. The van der Waals surface area contributed by atoms with E-state index in [0.717, 1.165) is 17.9 Å². The first-order valence-electron chi connectivity index (χ1n) is 8.87. The van der Waals surface area contributed by atoms with E-state index in [2.05, 4.69) is 0 Å². The fraction of sp³-hybridized carbons (Fsp3) is 0.579. The summed E-state index contributed by atoms with van der Waals surface area (Å²) in [7, 11) is 1.60. The number of ether oxygens (including phenoxy) is 2. The standard InChI is InChI=1S/C19H26N2O4/c1-24-15-5-4-12(14(9-18(20)22)10-19(21)23)8-17(15)25-16-7-11-2-3-13(16)6-11/h4-5,8,11,13-14,16H,2-3,6-7,9-10H2,1H3,(H2,20,22)(H2,21,23)/t11?,13?,16-/m0/s1. The summed E-state index contributed by atoms with van der Waals surface area (Å²) in [6, 6.07) is 5.51. The third kappa shape index (κ3) is 4.06. The lowest BCUT2D eigenvalue weighted by atomic mass is 9.91. The average molecular weight is 346 g/mol. The Morgan fingerprint density at radius 3 is 2.36 bits per heavy atom. The first kappa shape index (κ1) is 17.6. The van der Waals surface area contributed by atoms with E-state index in [0.29, 0.717) is 17.4 Å². The number of rotatable bonds is 8. The monoisotopic (exact) mass is 346 g/mol. The Labute approximate surface area is 147 Å². The molecular formula is C19H26N2O4. The van der Waals surface area contributed by atoms with E-state index in [-0.39, 0.29) is 24.9 Å². The van der Waals surface area contributed by atoms with Crippen LogP contribution >= 0.6 is 0 Å². The van der Waals surface area contributed by atoms with E-state index >= 15 is 0 Å². The molecule has 1 aromatic carbocycles. The molecule has 6 heteroatoms. The molecule has 1 aromatic rings. The Bertz CT molecular complexity index is 645. The number of carbonyl (C=O) groups excluding carboxylic acids is 2. The van der Waals surface area contributed by atoms with E-state index < -0.39 is 11.8 Å². The summed E-state index contributed by atoms with van der Waals surface area (Å²) in [6.45, 7) is 0. The molecule has 6 nitrogen and oxygen atoms in total. The summed E-state index contributed by atoms with van der Waals surface area (Å²) in [5.41, 5.74) is 11.5. The maximum atomic E-state index is 11.4. The van der Waals surface area contributed by atoms with Crippen LogP contribution < -0.4 is 20.9 Å². The molecule has 3 rings (SSSR count). The summed E-state index contributed by atoms with van der Waals surface area (Å²) in [5.74, 6) is 1.45. The highest BCUT2D eigenvalue weighted by Gasteiger charge is 2.41. The molecule has 2 amide bonds. The molecule has 0 heterocycles. The number of benzene rings is 1. The highest BCUT2D eigenvalue weighted by molar-refractivity contribution is 5.78. The lowest BCUT2D eigenvalue weighted by molar-refractivity contribution is -0.119. The van der Waals surface area contributed by atoms with Crippen molar-refractivity contribution in [2.45, 2.75) is 50.5 Å². The first-order chi connectivity index (χ1) is 12.0. The molecule has 2 unspecified atom stereocenters. The van der Waals surface area contributed by atoms with Crippen LogP contribution in [0.1, 0.15) is 50.0 Å². The second-order valence-corrected chi connectivity index (χ2v) is 7.28.